The molecule has 0 radical (unpaired) electrons. The molecule has 5 heteroatoms. The fourth-order valence-corrected chi connectivity index (χ4v) is 3.10. The Labute approximate surface area is 139 Å². The van der Waals surface area contributed by atoms with E-state index in [1.807, 2.05) is 18.3 Å². The monoisotopic (exact) mass is 394 g/mol. The third-order valence-electron chi connectivity index (χ3n) is 3.53. The summed E-state index contributed by atoms with van der Waals surface area (Å²) in [5.41, 5.74) is 3.22. The number of pyridine rings is 1. The Morgan fingerprint density at radius 1 is 1.33 bits per heavy atom. The zero-order valence-corrected chi connectivity index (χ0v) is 14.5. The second kappa shape index (κ2) is 6.25. The predicted octanol–water partition coefficient (Wildman–Crippen LogP) is 4.15. The zero-order chi connectivity index (χ0) is 14.8. The molecule has 0 amide bonds. The van der Waals surface area contributed by atoms with Crippen LogP contribution in [0, 0.1) is 10.5 Å². The van der Waals surface area contributed by atoms with Crippen molar-refractivity contribution in [2.75, 3.05) is 11.9 Å². The molecule has 0 aromatic carbocycles. The van der Waals surface area contributed by atoms with E-state index in [2.05, 4.69) is 46.7 Å². The number of aromatic nitrogens is 3. The van der Waals surface area contributed by atoms with Gasteiger partial charge in [0.25, 0.3) is 0 Å². The molecular weight excluding hydrogens is 375 g/mol. The molecule has 21 heavy (non-hydrogen) atoms. The van der Waals surface area contributed by atoms with Crippen molar-refractivity contribution in [2.24, 2.45) is 0 Å². The first-order valence-corrected chi connectivity index (χ1v) is 8.51. The molecule has 1 aliphatic rings. The van der Waals surface area contributed by atoms with Crippen molar-refractivity contribution >= 4 is 28.4 Å². The lowest BCUT2D eigenvalue weighted by Gasteiger charge is -2.12. The van der Waals surface area contributed by atoms with Gasteiger partial charge >= 0.3 is 0 Å². The van der Waals surface area contributed by atoms with Crippen LogP contribution in [0.25, 0.3) is 11.5 Å². The first kappa shape index (κ1) is 14.7. The summed E-state index contributed by atoms with van der Waals surface area (Å²) in [4.78, 5) is 13.9. The summed E-state index contributed by atoms with van der Waals surface area (Å²) < 4.78 is 1.17. The third kappa shape index (κ3) is 3.33. The third-order valence-corrected chi connectivity index (χ3v) is 4.59. The molecule has 2 aromatic heterocycles. The molecule has 110 valence electrons. The first-order valence-electron chi connectivity index (χ1n) is 7.43. The quantitative estimate of drug-likeness (QED) is 0.775. The van der Waals surface area contributed by atoms with Gasteiger partial charge in [-0.15, -0.1) is 0 Å². The first-order chi connectivity index (χ1) is 10.2. The topological polar surface area (TPSA) is 50.7 Å². The standard InChI is InChI=1S/C16H19IN4/c1-3-7-19-16-13(17)14(11-4-5-11)20-15(21-16)12-9-10(2)6-8-18-12/h6,8-9,11H,3-5,7H2,1-2H3,(H,19,20,21). The number of halogens is 1. The van der Waals surface area contributed by atoms with Gasteiger partial charge in [0, 0.05) is 18.7 Å². The molecule has 0 spiro atoms. The molecule has 1 fully saturated rings. The van der Waals surface area contributed by atoms with Crippen LogP contribution in [0.1, 0.15) is 43.4 Å². The highest BCUT2D eigenvalue weighted by molar-refractivity contribution is 14.1. The molecule has 3 rings (SSSR count). The van der Waals surface area contributed by atoms with Crippen LogP contribution in [0.15, 0.2) is 18.3 Å². The maximum absolute atomic E-state index is 4.79. The molecule has 1 N–H and O–H groups in total. The lowest BCUT2D eigenvalue weighted by atomic mass is 10.2. The van der Waals surface area contributed by atoms with Gasteiger partial charge in [0.1, 0.15) is 11.5 Å². The summed E-state index contributed by atoms with van der Waals surface area (Å²) in [6, 6.07) is 4.04. The summed E-state index contributed by atoms with van der Waals surface area (Å²) in [6.45, 7) is 5.15. The highest BCUT2D eigenvalue weighted by Gasteiger charge is 2.29. The van der Waals surface area contributed by atoms with Crippen molar-refractivity contribution in [3.8, 4) is 11.5 Å². The lowest BCUT2D eigenvalue weighted by Crippen LogP contribution is -2.09. The molecule has 2 aromatic rings. The van der Waals surface area contributed by atoms with E-state index >= 15 is 0 Å². The van der Waals surface area contributed by atoms with Crippen LogP contribution in [0.3, 0.4) is 0 Å². The van der Waals surface area contributed by atoms with Crippen molar-refractivity contribution < 1.29 is 0 Å². The van der Waals surface area contributed by atoms with Crippen LogP contribution >= 0.6 is 22.6 Å². The van der Waals surface area contributed by atoms with Gasteiger partial charge < -0.3 is 5.32 Å². The van der Waals surface area contributed by atoms with Crippen LogP contribution in [-0.2, 0) is 0 Å². The molecule has 2 heterocycles. The van der Waals surface area contributed by atoms with Gasteiger partial charge in [-0.05, 0) is 66.5 Å². The SMILES string of the molecule is CCCNc1nc(-c2cc(C)ccn2)nc(C2CC2)c1I. The summed E-state index contributed by atoms with van der Waals surface area (Å²) in [5, 5.41) is 3.42. The largest absolute Gasteiger partial charge is 0.369 e. The van der Waals surface area contributed by atoms with Crippen LogP contribution in [0.2, 0.25) is 0 Å². The maximum Gasteiger partial charge on any atom is 0.180 e. The molecule has 0 saturated heterocycles. The minimum absolute atomic E-state index is 0.602. The van der Waals surface area contributed by atoms with E-state index in [0.29, 0.717) is 5.92 Å². The fourth-order valence-electron chi connectivity index (χ4n) is 2.23. The molecule has 0 unspecified atom stereocenters. The van der Waals surface area contributed by atoms with E-state index in [9.17, 15) is 0 Å². The highest BCUT2D eigenvalue weighted by Crippen LogP contribution is 2.42. The summed E-state index contributed by atoms with van der Waals surface area (Å²) in [7, 11) is 0. The molecule has 0 aliphatic heterocycles. The van der Waals surface area contributed by atoms with Crippen LogP contribution < -0.4 is 5.32 Å². The van der Waals surface area contributed by atoms with Gasteiger partial charge in [-0.2, -0.15) is 0 Å². The van der Waals surface area contributed by atoms with E-state index in [-0.39, 0.29) is 0 Å². The van der Waals surface area contributed by atoms with E-state index in [1.165, 1.54) is 27.7 Å². The van der Waals surface area contributed by atoms with Crippen molar-refractivity contribution in [1.29, 1.82) is 0 Å². The van der Waals surface area contributed by atoms with Gasteiger partial charge in [0.2, 0.25) is 0 Å². The minimum atomic E-state index is 0.602. The Morgan fingerprint density at radius 2 is 2.14 bits per heavy atom. The summed E-state index contributed by atoms with van der Waals surface area (Å²) in [5.74, 6) is 2.29. The number of nitrogens with one attached hydrogen (secondary N) is 1. The van der Waals surface area contributed by atoms with Crippen molar-refractivity contribution in [1.82, 2.24) is 15.0 Å². The van der Waals surface area contributed by atoms with E-state index in [4.69, 9.17) is 9.97 Å². The number of aryl methyl sites for hydroxylation is 1. The summed E-state index contributed by atoms with van der Waals surface area (Å²) in [6.07, 6.45) is 5.38. The average Bonchev–Trinajstić information content (AvgIpc) is 3.31. The average molecular weight is 394 g/mol. The fraction of sp³-hybridized carbons (Fsp3) is 0.438. The van der Waals surface area contributed by atoms with Gasteiger partial charge in [-0.1, -0.05) is 6.92 Å². The van der Waals surface area contributed by atoms with Gasteiger partial charge in [-0.25, -0.2) is 9.97 Å². The lowest BCUT2D eigenvalue weighted by molar-refractivity contribution is 0.935. The zero-order valence-electron chi connectivity index (χ0n) is 12.4. The number of rotatable bonds is 5. The van der Waals surface area contributed by atoms with E-state index < -0.39 is 0 Å². The second-order valence-corrected chi connectivity index (χ2v) is 6.59. The smallest absolute Gasteiger partial charge is 0.180 e. The maximum atomic E-state index is 4.79. The minimum Gasteiger partial charge on any atom is -0.369 e. The molecule has 0 bridgehead atoms. The molecule has 0 atom stereocenters. The second-order valence-electron chi connectivity index (χ2n) is 5.51. The van der Waals surface area contributed by atoms with E-state index in [0.717, 1.165) is 30.3 Å². The van der Waals surface area contributed by atoms with Gasteiger partial charge in [-0.3, -0.25) is 4.98 Å². The van der Waals surface area contributed by atoms with Crippen molar-refractivity contribution in [3.05, 3.63) is 33.2 Å². The Morgan fingerprint density at radius 3 is 2.81 bits per heavy atom. The van der Waals surface area contributed by atoms with Gasteiger partial charge in [0.15, 0.2) is 5.82 Å². The van der Waals surface area contributed by atoms with Crippen LogP contribution in [0.4, 0.5) is 5.82 Å². The number of hydrogen-bond donors (Lipinski definition) is 1. The normalized spacial score (nSPS) is 14.2. The Bertz CT molecular complexity index is 653. The highest BCUT2D eigenvalue weighted by atomic mass is 127. The molecule has 1 aliphatic carbocycles. The molecular formula is C16H19IN4. The van der Waals surface area contributed by atoms with Crippen LogP contribution in [0.5, 0.6) is 0 Å². The predicted molar refractivity (Wildman–Crippen MR) is 93.5 cm³/mol. The Balaban J connectivity index is 2.05. The van der Waals surface area contributed by atoms with Crippen molar-refractivity contribution in [2.45, 2.75) is 39.0 Å². The molecule has 1 saturated carbocycles. The van der Waals surface area contributed by atoms with Crippen molar-refractivity contribution in [3.63, 3.8) is 0 Å². The number of hydrogen-bond acceptors (Lipinski definition) is 4. The van der Waals surface area contributed by atoms with Crippen LogP contribution in [-0.4, -0.2) is 21.5 Å². The Hall–Kier alpha value is -1.24. The van der Waals surface area contributed by atoms with E-state index in [1.54, 1.807) is 0 Å². The number of nitrogens with zero attached hydrogens (tertiary/aromatic N) is 3. The Kier molecular flexibility index (Phi) is 4.37. The van der Waals surface area contributed by atoms with Gasteiger partial charge in [0.05, 0.1) is 9.26 Å². The molecule has 4 nitrogen and oxygen atoms in total. The summed E-state index contributed by atoms with van der Waals surface area (Å²) >= 11 is 2.37. The number of anilines is 1.